The number of rotatable bonds is 7. The molecule has 28 heavy (non-hydrogen) atoms. The number of sulfonamides is 1. The molecule has 2 N–H and O–H groups in total. The number of hydrogen-bond acceptors (Lipinski definition) is 4. The van der Waals surface area contributed by atoms with Gasteiger partial charge in [0, 0.05) is 45.0 Å². The van der Waals surface area contributed by atoms with Gasteiger partial charge in [-0.1, -0.05) is 12.1 Å². The van der Waals surface area contributed by atoms with Crippen LogP contribution in [0.1, 0.15) is 25.0 Å². The summed E-state index contributed by atoms with van der Waals surface area (Å²) in [7, 11) is -3.16. The van der Waals surface area contributed by atoms with Crippen molar-refractivity contribution in [2.24, 2.45) is 4.99 Å². The van der Waals surface area contributed by atoms with Crippen molar-refractivity contribution in [3.8, 4) is 0 Å². The summed E-state index contributed by atoms with van der Waals surface area (Å²) in [5.41, 5.74) is 3.97. The topological polar surface area (TPSA) is 77.0 Å². The van der Waals surface area contributed by atoms with Crippen LogP contribution < -0.4 is 14.9 Å². The largest absolute Gasteiger partial charge is 0.368 e. The van der Waals surface area contributed by atoms with E-state index >= 15 is 0 Å². The minimum absolute atomic E-state index is 0. The molecule has 0 saturated carbocycles. The lowest BCUT2D eigenvalue weighted by molar-refractivity contribution is 0.372. The van der Waals surface area contributed by atoms with Gasteiger partial charge in [0.05, 0.1) is 12.3 Å². The molecule has 0 spiro atoms. The highest BCUT2D eigenvalue weighted by Crippen LogP contribution is 2.23. The summed E-state index contributed by atoms with van der Waals surface area (Å²) in [6.45, 7) is 13.2. The minimum Gasteiger partial charge on any atom is -0.368 e. The smallest absolute Gasteiger partial charge is 0.211 e. The van der Waals surface area contributed by atoms with Gasteiger partial charge in [-0.05, 0) is 44.9 Å². The van der Waals surface area contributed by atoms with Gasteiger partial charge >= 0.3 is 0 Å². The molecule has 1 saturated heterocycles. The fourth-order valence-electron chi connectivity index (χ4n) is 3.13. The number of halogens is 1. The fourth-order valence-corrected chi connectivity index (χ4v) is 3.73. The molecule has 0 radical (unpaired) electrons. The Bertz CT molecular complexity index is 747. The molecule has 9 heteroatoms. The van der Waals surface area contributed by atoms with Gasteiger partial charge in [-0.15, -0.1) is 24.0 Å². The zero-order valence-corrected chi connectivity index (χ0v) is 20.5. The number of anilines is 1. The molecule has 1 aliphatic rings. The zero-order valence-electron chi connectivity index (χ0n) is 17.4. The van der Waals surface area contributed by atoms with Crippen LogP contribution in [0.2, 0.25) is 0 Å². The summed E-state index contributed by atoms with van der Waals surface area (Å²) in [6, 6.07) is 6.46. The van der Waals surface area contributed by atoms with Gasteiger partial charge in [0.15, 0.2) is 5.96 Å². The molecule has 0 unspecified atom stereocenters. The van der Waals surface area contributed by atoms with E-state index in [1.54, 1.807) is 6.92 Å². The number of aliphatic imine (C=N–C) groups is 1. The van der Waals surface area contributed by atoms with E-state index in [0.717, 1.165) is 38.7 Å². The quantitative estimate of drug-likeness (QED) is 0.247. The van der Waals surface area contributed by atoms with Crippen molar-refractivity contribution in [3.63, 3.8) is 0 Å². The van der Waals surface area contributed by atoms with Gasteiger partial charge in [-0.3, -0.25) is 4.99 Å². The summed E-state index contributed by atoms with van der Waals surface area (Å²) in [5.74, 6) is 0.950. The van der Waals surface area contributed by atoms with Crippen molar-refractivity contribution in [1.29, 1.82) is 0 Å². The third-order valence-corrected chi connectivity index (χ3v) is 6.31. The van der Waals surface area contributed by atoms with Crippen molar-refractivity contribution in [3.05, 3.63) is 29.3 Å². The fraction of sp³-hybridized carbons (Fsp3) is 0.632. The first-order valence-corrected chi connectivity index (χ1v) is 11.3. The molecular weight excluding hydrogens is 489 g/mol. The average molecular weight is 523 g/mol. The van der Waals surface area contributed by atoms with Gasteiger partial charge in [-0.2, -0.15) is 0 Å². The monoisotopic (exact) mass is 523 g/mol. The van der Waals surface area contributed by atoms with E-state index < -0.39 is 10.0 Å². The first-order chi connectivity index (χ1) is 12.9. The molecule has 7 nitrogen and oxygen atoms in total. The van der Waals surface area contributed by atoms with E-state index in [2.05, 4.69) is 56.9 Å². The van der Waals surface area contributed by atoms with Crippen molar-refractivity contribution in [1.82, 2.24) is 14.9 Å². The zero-order chi connectivity index (χ0) is 19.9. The van der Waals surface area contributed by atoms with Crippen LogP contribution in [0.15, 0.2) is 23.2 Å². The highest BCUT2D eigenvalue weighted by molar-refractivity contribution is 14.0. The molecule has 0 atom stereocenters. The maximum Gasteiger partial charge on any atom is 0.211 e. The Morgan fingerprint density at radius 2 is 1.82 bits per heavy atom. The highest BCUT2D eigenvalue weighted by atomic mass is 127. The van der Waals surface area contributed by atoms with E-state index in [4.69, 9.17) is 0 Å². The van der Waals surface area contributed by atoms with Gasteiger partial charge < -0.3 is 15.1 Å². The third kappa shape index (κ3) is 7.07. The lowest BCUT2D eigenvalue weighted by Gasteiger charge is -2.38. The standard InChI is InChI=1S/C19H33N5O2S.HI/c1-5-20-19(21-10-11-22-27(25,26)6-2)24-14-12-23(13-15-24)18-9-7-8-16(3)17(18)4;/h7-9,22H,5-6,10-15H2,1-4H3,(H,20,21);1H. The second-order valence-corrected chi connectivity index (χ2v) is 8.82. The minimum atomic E-state index is -3.16. The summed E-state index contributed by atoms with van der Waals surface area (Å²) < 4.78 is 25.6. The number of nitrogens with one attached hydrogen (secondary N) is 2. The van der Waals surface area contributed by atoms with Crippen molar-refractivity contribution in [2.45, 2.75) is 27.7 Å². The Morgan fingerprint density at radius 3 is 2.43 bits per heavy atom. The first-order valence-electron chi connectivity index (χ1n) is 9.69. The van der Waals surface area contributed by atoms with Gasteiger partial charge in [0.25, 0.3) is 0 Å². The Hall–Kier alpha value is -1.07. The van der Waals surface area contributed by atoms with Crippen LogP contribution in [0, 0.1) is 13.8 Å². The molecule has 0 bridgehead atoms. The Balaban J connectivity index is 0.00000392. The molecule has 1 aliphatic heterocycles. The Morgan fingerprint density at radius 1 is 1.14 bits per heavy atom. The molecule has 1 aromatic rings. The molecule has 0 amide bonds. The van der Waals surface area contributed by atoms with Crippen LogP contribution in [0.5, 0.6) is 0 Å². The number of aryl methyl sites for hydroxylation is 1. The van der Waals surface area contributed by atoms with Crippen LogP contribution in [0.3, 0.4) is 0 Å². The van der Waals surface area contributed by atoms with Crippen LogP contribution in [0.25, 0.3) is 0 Å². The van der Waals surface area contributed by atoms with Gasteiger partial charge in [-0.25, -0.2) is 13.1 Å². The molecule has 160 valence electrons. The van der Waals surface area contributed by atoms with Crippen LogP contribution in [-0.4, -0.2) is 70.8 Å². The third-order valence-electron chi connectivity index (χ3n) is 4.91. The summed E-state index contributed by atoms with van der Waals surface area (Å²) >= 11 is 0. The maximum atomic E-state index is 11.5. The molecule has 1 fully saturated rings. The summed E-state index contributed by atoms with van der Waals surface area (Å²) in [6.07, 6.45) is 0. The molecule has 1 aromatic carbocycles. The molecule has 2 rings (SSSR count). The van der Waals surface area contributed by atoms with E-state index in [1.807, 2.05) is 6.92 Å². The number of benzene rings is 1. The summed E-state index contributed by atoms with van der Waals surface area (Å²) in [4.78, 5) is 9.27. The second-order valence-electron chi connectivity index (χ2n) is 6.73. The van der Waals surface area contributed by atoms with E-state index in [9.17, 15) is 8.42 Å². The van der Waals surface area contributed by atoms with E-state index in [-0.39, 0.29) is 29.7 Å². The van der Waals surface area contributed by atoms with Crippen molar-refractivity contribution < 1.29 is 8.42 Å². The van der Waals surface area contributed by atoms with E-state index in [1.165, 1.54) is 16.8 Å². The Kier molecular flexibility index (Phi) is 10.5. The highest BCUT2D eigenvalue weighted by Gasteiger charge is 2.21. The number of hydrogen-bond donors (Lipinski definition) is 2. The summed E-state index contributed by atoms with van der Waals surface area (Å²) in [5, 5.41) is 3.32. The van der Waals surface area contributed by atoms with Crippen LogP contribution >= 0.6 is 24.0 Å². The number of nitrogens with zero attached hydrogens (tertiary/aromatic N) is 3. The lowest BCUT2D eigenvalue weighted by Crippen LogP contribution is -2.52. The van der Waals surface area contributed by atoms with Crippen LogP contribution in [-0.2, 0) is 10.0 Å². The molecule has 0 aliphatic carbocycles. The van der Waals surface area contributed by atoms with Crippen LogP contribution in [0.4, 0.5) is 5.69 Å². The Labute approximate surface area is 187 Å². The van der Waals surface area contributed by atoms with Gasteiger partial charge in [0.2, 0.25) is 10.0 Å². The lowest BCUT2D eigenvalue weighted by atomic mass is 10.1. The van der Waals surface area contributed by atoms with Gasteiger partial charge in [0.1, 0.15) is 0 Å². The predicted octanol–water partition coefficient (Wildman–Crippen LogP) is 1.95. The molecule has 1 heterocycles. The SMILES string of the molecule is CCNC(=NCCNS(=O)(=O)CC)N1CCN(c2cccc(C)c2C)CC1.I. The number of piperazine rings is 1. The average Bonchev–Trinajstić information content (AvgIpc) is 2.67. The normalized spacial score (nSPS) is 15.4. The molecule has 0 aromatic heterocycles. The van der Waals surface area contributed by atoms with Crippen molar-refractivity contribution >= 4 is 45.6 Å². The first kappa shape index (κ1) is 25.0. The van der Waals surface area contributed by atoms with E-state index in [0.29, 0.717) is 13.1 Å². The second kappa shape index (κ2) is 11.8. The number of guanidine groups is 1. The maximum absolute atomic E-state index is 11.5. The predicted molar refractivity (Wildman–Crippen MR) is 129 cm³/mol. The van der Waals surface area contributed by atoms with Crippen molar-refractivity contribution in [2.75, 3.05) is 56.5 Å². The molecular formula is C19H34IN5O2S.